The average molecular weight is 336 g/mol. The van der Waals surface area contributed by atoms with Gasteiger partial charge in [0.05, 0.1) is 24.7 Å². The van der Waals surface area contributed by atoms with E-state index in [4.69, 9.17) is 9.47 Å². The summed E-state index contributed by atoms with van der Waals surface area (Å²) in [6.45, 7) is 8.77. The van der Waals surface area contributed by atoms with Crippen molar-refractivity contribution in [2.75, 3.05) is 13.2 Å². The maximum atomic E-state index is 11.3. The highest BCUT2D eigenvalue weighted by atomic mass is 16.5. The molecule has 2 rings (SSSR count). The van der Waals surface area contributed by atoms with Crippen LogP contribution in [0.4, 0.5) is 0 Å². The zero-order valence-electron chi connectivity index (χ0n) is 15.3. The van der Waals surface area contributed by atoms with E-state index in [1.807, 2.05) is 32.0 Å². The Labute approximate surface area is 147 Å². The summed E-state index contributed by atoms with van der Waals surface area (Å²) in [6, 6.07) is 7.37. The summed E-state index contributed by atoms with van der Waals surface area (Å²) in [5.41, 5.74) is 1.69. The first-order valence-corrected chi connectivity index (χ1v) is 8.88. The second-order valence-corrected chi connectivity index (χ2v) is 6.31. The Kier molecular flexibility index (Phi) is 9.13. The lowest BCUT2D eigenvalue weighted by molar-refractivity contribution is -0.149. The highest BCUT2D eigenvalue weighted by Crippen LogP contribution is 2.29. The van der Waals surface area contributed by atoms with Crippen molar-refractivity contribution in [3.63, 3.8) is 0 Å². The van der Waals surface area contributed by atoms with Crippen LogP contribution in [0.15, 0.2) is 24.3 Å². The molecule has 0 aliphatic heterocycles. The van der Waals surface area contributed by atoms with Crippen molar-refractivity contribution in [2.45, 2.75) is 53.4 Å². The number of esters is 2. The summed E-state index contributed by atoms with van der Waals surface area (Å²) in [6.07, 6.45) is 4.52. The first-order chi connectivity index (χ1) is 11.5. The third kappa shape index (κ3) is 7.16. The smallest absolute Gasteiger partial charge is 0.338 e. The van der Waals surface area contributed by atoms with Crippen LogP contribution in [-0.4, -0.2) is 25.2 Å². The average Bonchev–Trinajstić information content (AvgIpc) is 2.56. The van der Waals surface area contributed by atoms with E-state index in [0.29, 0.717) is 24.7 Å². The predicted molar refractivity (Wildman–Crippen MR) is 97.0 cm³/mol. The number of aryl methyl sites for hydroxylation is 1. The molecule has 136 valence electrons. The van der Waals surface area contributed by atoms with Gasteiger partial charge < -0.3 is 9.47 Å². The molecule has 0 radical (unpaired) electrons. The molecule has 0 N–H and O–H groups in total. The SMILES string of the molecule is CCOC(=O)C1CCCC(C)C1.CCOC(=O)c1cccc(C)c1.[HH]. The minimum atomic E-state index is -0.249. The van der Waals surface area contributed by atoms with Gasteiger partial charge in [-0.1, -0.05) is 37.5 Å². The van der Waals surface area contributed by atoms with E-state index in [-0.39, 0.29) is 19.3 Å². The minimum absolute atomic E-state index is 0. The Balaban J connectivity index is 0.000000443. The number of carbonyl (C=O) groups is 2. The standard InChI is InChI=1S/C10H18O2.C10H12O2.H2/c2*1-3-12-10(11)9-6-4-5-8(2)7-9;/h8-9H,3-7H2,1-2H3;4-7H,3H2,1-2H3;1H. The van der Waals surface area contributed by atoms with Crippen LogP contribution in [0.25, 0.3) is 0 Å². The molecular weight excluding hydrogens is 304 g/mol. The van der Waals surface area contributed by atoms with Gasteiger partial charge in [-0.3, -0.25) is 4.79 Å². The zero-order valence-corrected chi connectivity index (χ0v) is 15.3. The fraction of sp³-hybridized carbons (Fsp3) is 0.600. The summed E-state index contributed by atoms with van der Waals surface area (Å²) in [5, 5.41) is 0. The van der Waals surface area contributed by atoms with Crippen LogP contribution in [0.1, 0.15) is 63.8 Å². The molecule has 1 saturated carbocycles. The van der Waals surface area contributed by atoms with Crippen molar-refractivity contribution >= 4 is 11.9 Å². The normalized spacial score (nSPS) is 19.7. The molecule has 4 heteroatoms. The summed E-state index contributed by atoms with van der Waals surface area (Å²) >= 11 is 0. The lowest BCUT2D eigenvalue weighted by Crippen LogP contribution is -2.23. The molecule has 1 aromatic carbocycles. The number of rotatable bonds is 4. The van der Waals surface area contributed by atoms with Gasteiger partial charge in [-0.25, -0.2) is 4.79 Å². The molecule has 1 aliphatic rings. The van der Waals surface area contributed by atoms with E-state index < -0.39 is 0 Å². The molecule has 2 atom stereocenters. The largest absolute Gasteiger partial charge is 0.466 e. The Bertz CT molecular complexity index is 530. The molecule has 0 spiro atoms. The Morgan fingerprint density at radius 3 is 2.46 bits per heavy atom. The number of hydrogen-bond acceptors (Lipinski definition) is 4. The summed E-state index contributed by atoms with van der Waals surface area (Å²) in [4.78, 5) is 22.5. The Morgan fingerprint density at radius 2 is 1.88 bits per heavy atom. The van der Waals surface area contributed by atoms with Crippen LogP contribution in [0.2, 0.25) is 0 Å². The van der Waals surface area contributed by atoms with E-state index in [1.165, 1.54) is 12.8 Å². The molecule has 24 heavy (non-hydrogen) atoms. The molecule has 0 aromatic heterocycles. The number of hydrogen-bond donors (Lipinski definition) is 0. The van der Waals surface area contributed by atoms with Gasteiger partial charge in [-0.05, 0) is 51.7 Å². The maximum Gasteiger partial charge on any atom is 0.338 e. The maximum absolute atomic E-state index is 11.3. The number of carbonyl (C=O) groups excluding carboxylic acids is 2. The molecule has 0 saturated heterocycles. The first-order valence-electron chi connectivity index (χ1n) is 8.88. The Morgan fingerprint density at radius 1 is 1.17 bits per heavy atom. The van der Waals surface area contributed by atoms with Crippen molar-refractivity contribution in [3.8, 4) is 0 Å². The second-order valence-electron chi connectivity index (χ2n) is 6.31. The van der Waals surface area contributed by atoms with Crippen LogP contribution in [0.3, 0.4) is 0 Å². The molecule has 0 heterocycles. The molecular formula is C20H32O4. The number of ether oxygens (including phenoxy) is 2. The predicted octanol–water partition coefficient (Wildman–Crippen LogP) is 4.79. The van der Waals surface area contributed by atoms with E-state index in [0.717, 1.165) is 18.4 Å². The van der Waals surface area contributed by atoms with Crippen molar-refractivity contribution < 1.29 is 20.5 Å². The topological polar surface area (TPSA) is 52.6 Å². The van der Waals surface area contributed by atoms with Crippen molar-refractivity contribution in [1.82, 2.24) is 0 Å². The van der Waals surface area contributed by atoms with Crippen LogP contribution in [-0.2, 0) is 14.3 Å². The van der Waals surface area contributed by atoms with Crippen molar-refractivity contribution in [1.29, 1.82) is 0 Å². The third-order valence-electron chi connectivity index (χ3n) is 4.09. The number of benzene rings is 1. The van der Waals surface area contributed by atoms with Crippen molar-refractivity contribution in [3.05, 3.63) is 35.4 Å². The third-order valence-corrected chi connectivity index (χ3v) is 4.09. The zero-order chi connectivity index (χ0) is 17.9. The molecule has 1 aromatic rings. The van der Waals surface area contributed by atoms with Crippen LogP contribution in [0, 0.1) is 18.8 Å². The van der Waals surface area contributed by atoms with Gasteiger partial charge in [0, 0.05) is 1.43 Å². The summed E-state index contributed by atoms with van der Waals surface area (Å²) in [7, 11) is 0. The monoisotopic (exact) mass is 336 g/mol. The molecule has 0 bridgehead atoms. The summed E-state index contributed by atoms with van der Waals surface area (Å²) < 4.78 is 9.83. The lowest BCUT2D eigenvalue weighted by Gasteiger charge is -2.24. The van der Waals surface area contributed by atoms with Gasteiger partial charge in [0.1, 0.15) is 0 Å². The minimum Gasteiger partial charge on any atom is -0.466 e. The highest BCUT2D eigenvalue weighted by Gasteiger charge is 2.25. The van der Waals surface area contributed by atoms with Gasteiger partial charge in [-0.15, -0.1) is 0 Å². The van der Waals surface area contributed by atoms with Gasteiger partial charge in [0.25, 0.3) is 0 Å². The van der Waals surface area contributed by atoms with Crippen LogP contribution >= 0.6 is 0 Å². The van der Waals surface area contributed by atoms with Crippen molar-refractivity contribution in [2.24, 2.45) is 11.8 Å². The molecule has 1 fully saturated rings. The molecule has 0 amide bonds. The van der Waals surface area contributed by atoms with E-state index in [2.05, 4.69) is 6.92 Å². The van der Waals surface area contributed by atoms with E-state index >= 15 is 0 Å². The molecule has 1 aliphatic carbocycles. The highest BCUT2D eigenvalue weighted by molar-refractivity contribution is 5.89. The second kappa shape index (κ2) is 10.8. The van der Waals surface area contributed by atoms with E-state index in [1.54, 1.807) is 13.0 Å². The van der Waals surface area contributed by atoms with Crippen LogP contribution in [0.5, 0.6) is 0 Å². The van der Waals surface area contributed by atoms with Gasteiger partial charge in [0.15, 0.2) is 0 Å². The quantitative estimate of drug-likeness (QED) is 0.742. The fourth-order valence-electron chi connectivity index (χ4n) is 2.89. The lowest BCUT2D eigenvalue weighted by atomic mass is 9.82. The van der Waals surface area contributed by atoms with Gasteiger partial charge >= 0.3 is 11.9 Å². The first kappa shape index (κ1) is 20.2. The van der Waals surface area contributed by atoms with Gasteiger partial charge in [0.2, 0.25) is 0 Å². The van der Waals surface area contributed by atoms with Crippen LogP contribution < -0.4 is 0 Å². The Hall–Kier alpha value is -1.84. The summed E-state index contributed by atoms with van der Waals surface area (Å²) in [5.74, 6) is 0.659. The fourth-order valence-corrected chi connectivity index (χ4v) is 2.89. The molecule has 2 unspecified atom stereocenters. The molecule has 4 nitrogen and oxygen atoms in total. The van der Waals surface area contributed by atoms with E-state index in [9.17, 15) is 9.59 Å². The van der Waals surface area contributed by atoms with Gasteiger partial charge in [-0.2, -0.15) is 0 Å².